The summed E-state index contributed by atoms with van der Waals surface area (Å²) in [6.45, 7) is 34.9. The molecule has 0 radical (unpaired) electrons. The quantitative estimate of drug-likeness (QED) is 0.0489. The fourth-order valence-electron chi connectivity index (χ4n) is 17.3. The summed E-state index contributed by atoms with van der Waals surface area (Å²) in [5.74, 6) is 1.27. The van der Waals surface area contributed by atoms with Gasteiger partial charge >= 0.3 is 11.9 Å². The van der Waals surface area contributed by atoms with E-state index in [2.05, 4.69) is 106 Å². The lowest BCUT2D eigenvalue weighted by atomic mass is 9.79. The summed E-state index contributed by atoms with van der Waals surface area (Å²) in [5.41, 5.74) is 19.1. The number of carbonyl (C=O) groups is 3. The van der Waals surface area contributed by atoms with Crippen LogP contribution in [0.2, 0.25) is 0 Å². The van der Waals surface area contributed by atoms with Crippen LogP contribution in [0.25, 0.3) is 0 Å². The van der Waals surface area contributed by atoms with Gasteiger partial charge in [0.1, 0.15) is 39.6 Å². The number of benzene rings is 6. The van der Waals surface area contributed by atoms with Gasteiger partial charge in [0.15, 0.2) is 0 Å². The number of halogens is 1. The van der Waals surface area contributed by atoms with Crippen molar-refractivity contribution in [3.63, 3.8) is 0 Å². The summed E-state index contributed by atoms with van der Waals surface area (Å²) < 4.78 is 52.0. The average Bonchev–Trinajstić information content (AvgIpc) is 0.789. The first-order chi connectivity index (χ1) is 55.3. The predicted octanol–water partition coefficient (Wildman–Crippen LogP) is 12.9. The van der Waals surface area contributed by atoms with Gasteiger partial charge in [0.25, 0.3) is 5.91 Å². The summed E-state index contributed by atoms with van der Waals surface area (Å²) in [4.78, 5) is 58.9. The Kier molecular flexibility index (Phi) is 30.7. The molecule has 5 saturated heterocycles. The van der Waals surface area contributed by atoms with E-state index in [9.17, 15) is 52.1 Å². The van der Waals surface area contributed by atoms with Crippen LogP contribution in [0.3, 0.4) is 0 Å². The van der Waals surface area contributed by atoms with E-state index in [0.29, 0.717) is 89.8 Å². The Bertz CT molecular complexity index is 5310. The maximum Gasteiger partial charge on any atom is 0.338 e. The Hall–Kier alpha value is -10.8. The van der Waals surface area contributed by atoms with Crippen molar-refractivity contribution in [2.75, 3.05) is 134 Å². The number of carboxylic acid groups (broad SMARTS) is 1. The second-order valence-corrected chi connectivity index (χ2v) is 34.4. The van der Waals surface area contributed by atoms with Gasteiger partial charge in [-0.3, -0.25) is 4.79 Å². The number of aromatic nitrogens is 2. The largest absolute Gasteiger partial charge is 0.478 e. The fraction of sp³-hybridized carbons (Fsp3) is 0.416. The van der Waals surface area contributed by atoms with Gasteiger partial charge in [0.05, 0.1) is 52.0 Å². The molecule has 1 amide bonds. The lowest BCUT2D eigenvalue weighted by molar-refractivity contribution is 0.0597. The number of amides is 1. The van der Waals surface area contributed by atoms with Gasteiger partial charge in [-0.2, -0.15) is 15.8 Å². The number of aryl methyl sites for hydroxylation is 6. The number of aromatic carboxylic acids is 1. The van der Waals surface area contributed by atoms with Gasteiger partial charge in [0.2, 0.25) is 20.0 Å². The van der Waals surface area contributed by atoms with E-state index in [1.807, 2.05) is 141 Å². The van der Waals surface area contributed by atoms with Gasteiger partial charge in [0, 0.05) is 133 Å². The van der Waals surface area contributed by atoms with Gasteiger partial charge < -0.3 is 55.2 Å². The Morgan fingerprint density at radius 2 is 0.897 bits per heavy atom. The van der Waals surface area contributed by atoms with Gasteiger partial charge in [-0.1, -0.05) is 75.4 Å². The molecular formula is C89H111ClN16O9S2. The molecule has 117 heavy (non-hydrogen) atoms. The number of piperidine rings is 3. The summed E-state index contributed by atoms with van der Waals surface area (Å²) >= 11 is 0. The Morgan fingerprint density at radius 3 is 1.31 bits per heavy atom. The number of esters is 1. The molecule has 0 aliphatic carbocycles. The van der Waals surface area contributed by atoms with Crippen molar-refractivity contribution in [1.29, 1.82) is 15.8 Å². The third kappa shape index (κ3) is 21.3. The summed E-state index contributed by atoms with van der Waals surface area (Å²) in [7, 11) is -6.20. The van der Waals surface area contributed by atoms with Crippen LogP contribution >= 0.6 is 12.4 Å². The zero-order valence-electron chi connectivity index (χ0n) is 69.3. The number of nitrogens with zero attached hydrogens (tertiary/aromatic N) is 11. The van der Waals surface area contributed by atoms with Gasteiger partial charge in [-0.15, -0.1) is 12.4 Å². The number of piperazine rings is 2. The number of nitriles is 3. The van der Waals surface area contributed by atoms with Crippen LogP contribution in [0.5, 0.6) is 0 Å². The van der Waals surface area contributed by atoms with Crippen molar-refractivity contribution < 1.29 is 41.1 Å². The van der Waals surface area contributed by atoms with Crippen molar-refractivity contribution >= 4 is 90.4 Å². The topological polar surface area (TPSA) is 354 Å². The zero-order chi connectivity index (χ0) is 84.0. The molecule has 28 heteroatoms. The molecule has 6 aromatic carbocycles. The van der Waals surface area contributed by atoms with Crippen molar-refractivity contribution in [1.82, 2.24) is 20.2 Å². The number of rotatable bonds is 16. The van der Waals surface area contributed by atoms with E-state index >= 15 is 0 Å². The number of ether oxygens (including phenoxy) is 1. The molecule has 8 N–H and O–H groups in total. The van der Waals surface area contributed by atoms with Crippen LogP contribution in [0, 0.1) is 120 Å². The summed E-state index contributed by atoms with van der Waals surface area (Å²) in [6.07, 6.45) is 6.95. The van der Waals surface area contributed by atoms with Crippen LogP contribution < -0.4 is 50.7 Å². The molecule has 5 fully saturated rings. The highest BCUT2D eigenvalue weighted by atomic mass is 35.5. The van der Waals surface area contributed by atoms with E-state index in [0.717, 1.165) is 175 Å². The normalized spacial score (nSPS) is 18.7. The molecule has 25 nitrogen and oxygen atoms in total. The molecular weight excluding hydrogens is 1540 g/mol. The number of carboxylic acids is 1. The second-order valence-electron chi connectivity index (χ2n) is 31.3. The van der Waals surface area contributed by atoms with Gasteiger partial charge in [-0.25, -0.2) is 46.7 Å². The molecule has 8 aromatic rings. The molecule has 0 unspecified atom stereocenters. The molecule has 13 rings (SSSR count). The highest BCUT2D eigenvalue weighted by Crippen LogP contribution is 2.38. The first-order valence-corrected chi connectivity index (χ1v) is 42.7. The van der Waals surface area contributed by atoms with Crippen molar-refractivity contribution in [3.8, 4) is 18.2 Å². The zero-order valence-corrected chi connectivity index (χ0v) is 71.8. The molecule has 620 valence electrons. The van der Waals surface area contributed by atoms with Crippen molar-refractivity contribution in [3.05, 3.63) is 217 Å². The molecule has 0 saturated carbocycles. The third-order valence-electron chi connectivity index (χ3n) is 23.4. The molecule has 6 atom stereocenters. The molecule has 0 bridgehead atoms. The van der Waals surface area contributed by atoms with Crippen molar-refractivity contribution in [2.45, 2.75) is 131 Å². The lowest BCUT2D eigenvalue weighted by Crippen LogP contribution is -2.49. The maximum atomic E-state index is 13.9. The third-order valence-corrected chi connectivity index (χ3v) is 25.3. The fourth-order valence-corrected chi connectivity index (χ4v) is 18.7. The highest BCUT2D eigenvalue weighted by molar-refractivity contribution is 7.89. The Morgan fingerprint density at radius 1 is 0.504 bits per heavy atom. The van der Waals surface area contributed by atoms with Gasteiger partial charge in [-0.05, 0) is 228 Å². The Balaban J connectivity index is 0.000000187. The van der Waals surface area contributed by atoms with E-state index in [4.69, 9.17) is 15.0 Å². The predicted molar refractivity (Wildman–Crippen MR) is 465 cm³/mol. The number of nitrogens with two attached hydrogens (primary N) is 2. The van der Waals surface area contributed by atoms with Crippen LogP contribution in [-0.2, 0) is 31.2 Å². The SMILES string of the molecule is COC(=O)c1c(C)cc(C)c(N[C@@H]2CCN(c3ccccc3C#N)C[C@H]2C)c1C.Cc1cc(C)c(C(=O)N2CCN(c3ncccc3S(N)(=O)=O)CC2)c(C)c1C[C@@H]1CCN(c2ccccc2C#N)C[C@H]1C.Cc1cc(C)c(C(=O)O)c(C)c1N[C@@H]1CCN(c2ccccc2C#N)C[C@H]1C.Cl.NS(=O)(=O)c1cccnc1N1CCNCC1. The minimum absolute atomic E-state index is 0. The maximum absolute atomic E-state index is 13.9. The number of para-hydroxylation sites is 3. The number of nitrogens with one attached hydrogen (secondary N) is 3. The van der Waals surface area contributed by atoms with E-state index in [1.165, 1.54) is 30.4 Å². The minimum Gasteiger partial charge on any atom is -0.478 e. The number of methoxy groups -OCH3 is 1. The minimum atomic E-state index is -3.91. The number of primary sulfonamides is 2. The van der Waals surface area contributed by atoms with E-state index in [-0.39, 0.29) is 40.1 Å². The van der Waals surface area contributed by atoms with Crippen LogP contribution in [0.1, 0.15) is 143 Å². The highest BCUT2D eigenvalue weighted by Gasteiger charge is 2.35. The molecule has 5 aliphatic rings. The number of sulfonamides is 2. The van der Waals surface area contributed by atoms with Crippen LogP contribution in [-0.4, -0.2) is 165 Å². The molecule has 7 heterocycles. The van der Waals surface area contributed by atoms with Crippen LogP contribution in [0.15, 0.2) is 137 Å². The first kappa shape index (κ1) is 90.1. The summed E-state index contributed by atoms with van der Waals surface area (Å²) in [6, 6.07) is 43.0. The number of carbonyl (C=O) groups excluding carboxylic acids is 2. The lowest BCUT2D eigenvalue weighted by Gasteiger charge is -2.40. The summed E-state index contributed by atoms with van der Waals surface area (Å²) in [5, 5.41) is 59.1. The molecule has 5 aliphatic heterocycles. The van der Waals surface area contributed by atoms with E-state index in [1.54, 1.807) is 24.5 Å². The molecule has 2 aromatic heterocycles. The molecule has 0 spiro atoms. The van der Waals surface area contributed by atoms with Crippen molar-refractivity contribution in [2.24, 2.45) is 33.9 Å². The number of hydrogen-bond donors (Lipinski definition) is 6. The number of anilines is 7. The number of pyridine rings is 2. The first-order valence-electron chi connectivity index (χ1n) is 39.6. The van der Waals surface area contributed by atoms with Crippen LogP contribution in [0.4, 0.5) is 40.1 Å². The standard InChI is InChI=1S/C33H40N6O3S.C24H29N3O2.C23H27N3O2.C9H14N4O2S.ClH/c1-22-18-23(2)31(33(40)38-16-14-37(15-17-38)32-30(43(35,41)42)10-7-12-36-32)25(4)28(22)19-26-11-13-39(21-24(26)3)29-9-6-5-8-27(29)20-34;1-15-12-16(2)23(18(4)22(15)24(28)29-5)26-20-10-11-27(14-17(20)3)21-9-7-6-8-19(21)13-25;1-14-11-15(2)22(17(4)21(14)23(27)28)25-19-9-10-26(13-16(19)3)20-8-6-5-7-18(20)12-24;10-16(14,15)8-2-1-3-12-9(8)13-6-4-11-5-7-13;/h5-10,12,18,24,26H,11,13-17,19,21H2,1-4H3,(H2,35,41,42);6-9,12,17,20,26H,10-11,14H2,1-5H3;5-8,11,16,19,25H,9-10,13H2,1-4H3,(H,27,28);1-3,11H,4-7H2,(H2,10,14,15);1H/t24-,26+;17-,20-;16-,19-;;/m111../s1. The second kappa shape index (κ2) is 39.9. The smallest absolute Gasteiger partial charge is 0.338 e. The Labute approximate surface area is 696 Å². The number of hydrogen-bond acceptors (Lipinski definition) is 21. The monoisotopic (exact) mass is 1650 g/mol. The van der Waals surface area contributed by atoms with E-state index < -0.39 is 26.0 Å². The average molecular weight is 1650 g/mol.